The van der Waals surface area contributed by atoms with E-state index in [2.05, 4.69) is 5.92 Å². The molecule has 3 nitrogen and oxygen atoms in total. The number of hydrogen-bond donors (Lipinski definition) is 0. The molecule has 13 heavy (non-hydrogen) atoms. The topological polar surface area (TPSA) is 23.6 Å². The first-order valence-electron chi connectivity index (χ1n) is 4.44. The van der Waals surface area contributed by atoms with Gasteiger partial charge in [0, 0.05) is 20.1 Å². The van der Waals surface area contributed by atoms with E-state index in [1.54, 1.807) is 4.90 Å². The molecule has 3 heteroatoms. The van der Waals surface area contributed by atoms with E-state index < -0.39 is 5.54 Å². The summed E-state index contributed by atoms with van der Waals surface area (Å²) < 4.78 is 0. The molecule has 0 saturated carbocycles. The minimum Gasteiger partial charge on any atom is -0.343 e. The third-order valence-corrected chi connectivity index (χ3v) is 2.65. The molecule has 0 atom stereocenters. The molecule has 1 rings (SSSR count). The average molecular weight is 180 g/mol. The van der Waals surface area contributed by atoms with Gasteiger partial charge in [-0.1, -0.05) is 5.92 Å². The number of likely N-dealkylation sites (N-methyl/N-ethyl adjacent to an activating group) is 1. The molecule has 0 unspecified atom stereocenters. The highest BCUT2D eigenvalue weighted by atomic mass is 16.2. The van der Waals surface area contributed by atoms with Crippen LogP contribution in [0.25, 0.3) is 0 Å². The van der Waals surface area contributed by atoms with Gasteiger partial charge in [0.15, 0.2) is 0 Å². The number of carbonyl (C=O) groups is 1. The molecule has 1 aliphatic rings. The Hall–Kier alpha value is -1.01. The van der Waals surface area contributed by atoms with Crippen molar-refractivity contribution in [3.05, 3.63) is 0 Å². The van der Waals surface area contributed by atoms with Gasteiger partial charge in [-0.2, -0.15) is 0 Å². The first-order valence-corrected chi connectivity index (χ1v) is 4.44. The van der Waals surface area contributed by atoms with Gasteiger partial charge in [0.2, 0.25) is 5.91 Å². The SMILES string of the molecule is C#CCN1CCN(C)C(=O)C1(C)C. The number of hydrogen-bond acceptors (Lipinski definition) is 2. The summed E-state index contributed by atoms with van der Waals surface area (Å²) in [5.41, 5.74) is -0.445. The zero-order valence-corrected chi connectivity index (χ0v) is 8.50. The Morgan fingerprint density at radius 3 is 2.69 bits per heavy atom. The van der Waals surface area contributed by atoms with E-state index in [4.69, 9.17) is 6.42 Å². The fourth-order valence-corrected chi connectivity index (χ4v) is 1.64. The molecule has 1 saturated heterocycles. The van der Waals surface area contributed by atoms with E-state index in [1.807, 2.05) is 25.8 Å². The largest absolute Gasteiger partial charge is 0.343 e. The predicted molar refractivity (Wildman–Crippen MR) is 52.1 cm³/mol. The number of rotatable bonds is 1. The Kier molecular flexibility index (Phi) is 2.63. The van der Waals surface area contributed by atoms with Crippen molar-refractivity contribution in [1.82, 2.24) is 9.80 Å². The van der Waals surface area contributed by atoms with Crippen LogP contribution in [0.15, 0.2) is 0 Å². The lowest BCUT2D eigenvalue weighted by Gasteiger charge is -2.43. The molecule has 1 fully saturated rings. The number of amides is 1. The summed E-state index contributed by atoms with van der Waals surface area (Å²) in [7, 11) is 1.83. The smallest absolute Gasteiger partial charge is 0.242 e. The van der Waals surface area contributed by atoms with Gasteiger partial charge in [-0.15, -0.1) is 6.42 Å². The number of nitrogens with zero attached hydrogens (tertiary/aromatic N) is 2. The summed E-state index contributed by atoms with van der Waals surface area (Å²) in [6.45, 7) is 6.01. The highest BCUT2D eigenvalue weighted by Crippen LogP contribution is 2.20. The van der Waals surface area contributed by atoms with Gasteiger partial charge < -0.3 is 4.90 Å². The van der Waals surface area contributed by atoms with Crippen LogP contribution >= 0.6 is 0 Å². The average Bonchev–Trinajstić information content (AvgIpc) is 2.07. The predicted octanol–water partition coefficient (Wildman–Crippen LogP) is 0.172. The molecule has 0 N–H and O–H groups in total. The van der Waals surface area contributed by atoms with E-state index in [9.17, 15) is 4.79 Å². The van der Waals surface area contributed by atoms with Gasteiger partial charge in [0.25, 0.3) is 0 Å². The van der Waals surface area contributed by atoms with Crippen molar-refractivity contribution >= 4 is 5.91 Å². The zero-order chi connectivity index (χ0) is 10.1. The Morgan fingerprint density at radius 1 is 1.54 bits per heavy atom. The third-order valence-electron chi connectivity index (χ3n) is 2.65. The van der Waals surface area contributed by atoms with E-state index >= 15 is 0 Å². The quantitative estimate of drug-likeness (QED) is 0.537. The second-order valence-corrected chi connectivity index (χ2v) is 3.91. The molecule has 1 aliphatic heterocycles. The van der Waals surface area contributed by atoms with Crippen molar-refractivity contribution in [2.24, 2.45) is 0 Å². The molecule has 1 amide bonds. The first-order chi connectivity index (χ1) is 6.00. The summed E-state index contributed by atoms with van der Waals surface area (Å²) in [5, 5.41) is 0. The van der Waals surface area contributed by atoms with Gasteiger partial charge >= 0.3 is 0 Å². The van der Waals surface area contributed by atoms with Crippen LogP contribution in [0.1, 0.15) is 13.8 Å². The molecular formula is C10H16N2O. The lowest BCUT2D eigenvalue weighted by atomic mass is 9.98. The number of carbonyl (C=O) groups excluding carboxylic acids is 1. The Morgan fingerprint density at radius 2 is 2.15 bits per heavy atom. The van der Waals surface area contributed by atoms with Crippen LogP contribution in [-0.2, 0) is 4.79 Å². The highest BCUT2D eigenvalue weighted by molar-refractivity contribution is 5.86. The van der Waals surface area contributed by atoms with Crippen molar-refractivity contribution in [2.45, 2.75) is 19.4 Å². The van der Waals surface area contributed by atoms with Crippen LogP contribution in [-0.4, -0.2) is 47.9 Å². The molecule has 0 bridgehead atoms. The second-order valence-electron chi connectivity index (χ2n) is 3.91. The maximum Gasteiger partial charge on any atom is 0.242 e. The van der Waals surface area contributed by atoms with Crippen LogP contribution in [0.3, 0.4) is 0 Å². The van der Waals surface area contributed by atoms with Gasteiger partial charge in [-0.05, 0) is 13.8 Å². The van der Waals surface area contributed by atoms with Crippen LogP contribution < -0.4 is 0 Å². The zero-order valence-electron chi connectivity index (χ0n) is 8.50. The van der Waals surface area contributed by atoms with Gasteiger partial charge in [-0.25, -0.2) is 0 Å². The molecule has 0 radical (unpaired) electrons. The molecular weight excluding hydrogens is 164 g/mol. The van der Waals surface area contributed by atoms with Gasteiger partial charge in [0.1, 0.15) is 0 Å². The lowest BCUT2D eigenvalue weighted by molar-refractivity contribution is -0.146. The summed E-state index contributed by atoms with van der Waals surface area (Å²) in [6, 6.07) is 0. The van der Waals surface area contributed by atoms with Crippen LogP contribution in [0.2, 0.25) is 0 Å². The van der Waals surface area contributed by atoms with Gasteiger partial charge in [0.05, 0.1) is 12.1 Å². The Labute approximate surface area is 79.7 Å². The van der Waals surface area contributed by atoms with Crippen molar-refractivity contribution in [1.29, 1.82) is 0 Å². The molecule has 0 aromatic rings. The first kappa shape index (κ1) is 10.1. The minimum atomic E-state index is -0.445. The molecule has 0 aliphatic carbocycles. The second kappa shape index (κ2) is 3.39. The van der Waals surface area contributed by atoms with E-state index in [0.29, 0.717) is 6.54 Å². The van der Waals surface area contributed by atoms with Crippen molar-refractivity contribution in [3.63, 3.8) is 0 Å². The Balaban J connectivity index is 2.81. The van der Waals surface area contributed by atoms with Crippen LogP contribution in [0.5, 0.6) is 0 Å². The summed E-state index contributed by atoms with van der Waals surface area (Å²) in [4.78, 5) is 15.5. The maximum atomic E-state index is 11.7. The van der Waals surface area contributed by atoms with Crippen molar-refractivity contribution in [2.75, 3.05) is 26.7 Å². The Bertz CT molecular complexity index is 252. The fourth-order valence-electron chi connectivity index (χ4n) is 1.64. The monoisotopic (exact) mass is 180 g/mol. The number of piperazine rings is 1. The minimum absolute atomic E-state index is 0.147. The highest BCUT2D eigenvalue weighted by Gasteiger charge is 2.39. The van der Waals surface area contributed by atoms with Crippen molar-refractivity contribution in [3.8, 4) is 12.3 Å². The molecule has 0 aromatic heterocycles. The fraction of sp³-hybridized carbons (Fsp3) is 0.700. The molecule has 1 heterocycles. The van der Waals surface area contributed by atoms with Crippen LogP contribution in [0, 0.1) is 12.3 Å². The summed E-state index contributed by atoms with van der Waals surface area (Å²) >= 11 is 0. The standard InChI is InChI=1S/C10H16N2O/c1-5-6-12-8-7-11(4)9(13)10(12,2)3/h1H,6-8H2,2-4H3. The number of terminal acetylenes is 1. The van der Waals surface area contributed by atoms with Gasteiger partial charge in [-0.3, -0.25) is 9.69 Å². The van der Waals surface area contributed by atoms with E-state index in [0.717, 1.165) is 13.1 Å². The maximum absolute atomic E-state index is 11.7. The van der Waals surface area contributed by atoms with E-state index in [1.165, 1.54) is 0 Å². The normalized spacial score (nSPS) is 22.9. The van der Waals surface area contributed by atoms with E-state index in [-0.39, 0.29) is 5.91 Å². The molecule has 0 aromatic carbocycles. The molecule has 0 spiro atoms. The van der Waals surface area contributed by atoms with Crippen molar-refractivity contribution < 1.29 is 4.79 Å². The third kappa shape index (κ3) is 1.68. The molecule has 72 valence electrons. The summed E-state index contributed by atoms with van der Waals surface area (Å²) in [6.07, 6.45) is 5.24. The lowest BCUT2D eigenvalue weighted by Crippen LogP contribution is -2.61. The van der Waals surface area contributed by atoms with Crippen LogP contribution in [0.4, 0.5) is 0 Å². The summed E-state index contributed by atoms with van der Waals surface area (Å²) in [5.74, 6) is 2.73.